The average molecular weight is 312 g/mol. The third-order valence-electron chi connectivity index (χ3n) is 4.40. The molecular weight excluding hydrogens is 279 g/mol. The highest BCUT2D eigenvalue weighted by Gasteiger charge is 2.21. The predicted molar refractivity (Wildman–Crippen MR) is 106 cm³/mol. The molecule has 0 aromatic carbocycles. The molecule has 1 aliphatic rings. The molecule has 0 fully saturated rings. The molecule has 23 heavy (non-hydrogen) atoms. The number of allylic oxidation sites excluding steroid dienone is 6. The summed E-state index contributed by atoms with van der Waals surface area (Å²) in [5, 5.41) is 3.68. The van der Waals surface area contributed by atoms with Gasteiger partial charge in [-0.2, -0.15) is 0 Å². The van der Waals surface area contributed by atoms with Gasteiger partial charge in [-0.05, 0) is 57.0 Å². The summed E-state index contributed by atoms with van der Waals surface area (Å²) in [5.41, 5.74) is 10.1. The van der Waals surface area contributed by atoms with Crippen LogP contribution in [0.2, 0.25) is 6.82 Å². The second-order valence-electron chi connectivity index (χ2n) is 6.65. The van der Waals surface area contributed by atoms with Crippen LogP contribution in [-0.2, 0) is 0 Å². The summed E-state index contributed by atoms with van der Waals surface area (Å²) < 4.78 is 0. The van der Waals surface area contributed by atoms with Gasteiger partial charge in [0.25, 0.3) is 0 Å². The molecule has 0 bridgehead atoms. The summed E-state index contributed by atoms with van der Waals surface area (Å²) in [6, 6.07) is -0.00993. The summed E-state index contributed by atoms with van der Waals surface area (Å²) in [5.74, 6) is 1.07. The Morgan fingerprint density at radius 1 is 1.52 bits per heavy atom. The fraction of sp³-hybridized carbons (Fsp3) is 0.500. The standard InChI is InChI=1S/C20H33BN2/c1-6-8-9-16(7-2)13-18(22)19-14-17(12-15(3)4)10-11-20(21-5)23-19/h6-9,14,17-18,20-21,23H,2-3,10-13,22H2,1,4-5H3/b8-6-,16-9+. The lowest BCUT2D eigenvalue weighted by Crippen LogP contribution is -2.39. The van der Waals surface area contributed by atoms with Crippen molar-refractivity contribution in [2.24, 2.45) is 11.7 Å². The molecule has 3 atom stereocenters. The normalized spacial score (nSPS) is 23.7. The summed E-state index contributed by atoms with van der Waals surface area (Å²) in [6.45, 7) is 14.3. The van der Waals surface area contributed by atoms with E-state index in [1.54, 1.807) is 0 Å². The Labute approximate surface area is 143 Å². The molecule has 1 rings (SSSR count). The molecule has 0 amide bonds. The Hall–Kier alpha value is -1.48. The van der Waals surface area contributed by atoms with Gasteiger partial charge >= 0.3 is 0 Å². The lowest BCUT2D eigenvalue weighted by atomic mass is 9.70. The van der Waals surface area contributed by atoms with E-state index < -0.39 is 0 Å². The van der Waals surface area contributed by atoms with Crippen molar-refractivity contribution >= 4 is 7.28 Å². The highest BCUT2D eigenvalue weighted by atomic mass is 14.9. The van der Waals surface area contributed by atoms with Crippen molar-refractivity contribution in [2.45, 2.75) is 58.3 Å². The maximum absolute atomic E-state index is 6.51. The Morgan fingerprint density at radius 3 is 2.83 bits per heavy atom. The fourth-order valence-corrected chi connectivity index (χ4v) is 3.06. The Balaban J connectivity index is 2.90. The van der Waals surface area contributed by atoms with Gasteiger partial charge in [0.2, 0.25) is 0 Å². The molecule has 0 aromatic rings. The van der Waals surface area contributed by atoms with Gasteiger partial charge in [0.1, 0.15) is 7.28 Å². The Morgan fingerprint density at radius 2 is 2.26 bits per heavy atom. The summed E-state index contributed by atoms with van der Waals surface area (Å²) in [7, 11) is 1.13. The van der Waals surface area contributed by atoms with Crippen LogP contribution >= 0.6 is 0 Å². The quantitative estimate of drug-likeness (QED) is 0.403. The fourth-order valence-electron chi connectivity index (χ4n) is 3.06. The summed E-state index contributed by atoms with van der Waals surface area (Å²) >= 11 is 0. The molecule has 1 aliphatic heterocycles. The van der Waals surface area contributed by atoms with Gasteiger partial charge in [0.05, 0.1) is 0 Å². The van der Waals surface area contributed by atoms with Crippen LogP contribution in [0.15, 0.2) is 60.4 Å². The molecule has 1 heterocycles. The van der Waals surface area contributed by atoms with Crippen molar-refractivity contribution in [3.63, 3.8) is 0 Å². The van der Waals surface area contributed by atoms with Gasteiger partial charge < -0.3 is 11.1 Å². The van der Waals surface area contributed by atoms with Crippen molar-refractivity contribution < 1.29 is 0 Å². The molecular formula is C20H33BN2. The van der Waals surface area contributed by atoms with Crippen molar-refractivity contribution in [1.82, 2.24) is 5.32 Å². The van der Waals surface area contributed by atoms with E-state index in [-0.39, 0.29) is 6.04 Å². The Kier molecular flexibility index (Phi) is 8.79. The molecule has 0 saturated heterocycles. The van der Waals surface area contributed by atoms with Crippen LogP contribution in [0.4, 0.5) is 0 Å². The van der Waals surface area contributed by atoms with E-state index in [1.807, 2.05) is 25.2 Å². The minimum atomic E-state index is -0.00993. The SMILES string of the molecule is C=C/C(=C\C=C/C)CC(N)C1=CC(CC(=C)C)CCC(BC)N1. The van der Waals surface area contributed by atoms with Crippen LogP contribution in [0.3, 0.4) is 0 Å². The van der Waals surface area contributed by atoms with Crippen LogP contribution < -0.4 is 11.1 Å². The zero-order valence-electron chi connectivity index (χ0n) is 15.1. The third-order valence-corrected chi connectivity index (χ3v) is 4.40. The van der Waals surface area contributed by atoms with Crippen LogP contribution in [0.25, 0.3) is 0 Å². The largest absolute Gasteiger partial charge is 0.392 e. The molecule has 0 aliphatic carbocycles. The molecule has 2 nitrogen and oxygen atoms in total. The minimum Gasteiger partial charge on any atom is -0.392 e. The van der Waals surface area contributed by atoms with Gasteiger partial charge in [0.15, 0.2) is 0 Å². The topological polar surface area (TPSA) is 38.0 Å². The summed E-state index contributed by atoms with van der Waals surface area (Å²) in [4.78, 5) is 0. The zero-order chi connectivity index (χ0) is 17.2. The highest BCUT2D eigenvalue weighted by molar-refractivity contribution is 6.35. The molecule has 3 heteroatoms. The van der Waals surface area contributed by atoms with Crippen molar-refractivity contribution in [1.29, 1.82) is 0 Å². The van der Waals surface area contributed by atoms with E-state index in [0.29, 0.717) is 11.9 Å². The van der Waals surface area contributed by atoms with Crippen molar-refractivity contribution in [3.8, 4) is 0 Å². The maximum atomic E-state index is 6.51. The first-order chi connectivity index (χ1) is 11.0. The predicted octanol–water partition coefficient (Wildman–Crippen LogP) is 4.05. The first-order valence-electron chi connectivity index (χ1n) is 8.82. The van der Waals surface area contributed by atoms with Crippen LogP contribution in [0.5, 0.6) is 0 Å². The number of nitrogens with one attached hydrogen (secondary N) is 1. The molecule has 0 spiro atoms. The van der Waals surface area contributed by atoms with Gasteiger partial charge in [0, 0.05) is 11.7 Å². The number of hydrogen-bond acceptors (Lipinski definition) is 2. The number of rotatable bonds is 8. The molecule has 0 aromatic heterocycles. The van der Waals surface area contributed by atoms with E-state index in [9.17, 15) is 0 Å². The lowest BCUT2D eigenvalue weighted by Gasteiger charge is -2.22. The van der Waals surface area contributed by atoms with Crippen LogP contribution in [-0.4, -0.2) is 19.3 Å². The highest BCUT2D eigenvalue weighted by Crippen LogP contribution is 2.25. The molecule has 126 valence electrons. The third kappa shape index (κ3) is 7.09. The maximum Gasteiger partial charge on any atom is 0.145 e. The number of nitrogens with two attached hydrogens (primary N) is 1. The van der Waals surface area contributed by atoms with E-state index in [1.165, 1.54) is 29.7 Å². The van der Waals surface area contributed by atoms with Crippen LogP contribution in [0.1, 0.15) is 39.5 Å². The van der Waals surface area contributed by atoms with Gasteiger partial charge in [-0.3, -0.25) is 0 Å². The summed E-state index contributed by atoms with van der Waals surface area (Å²) in [6.07, 6.45) is 14.7. The first kappa shape index (κ1) is 19.6. The second kappa shape index (κ2) is 10.3. The van der Waals surface area contributed by atoms with E-state index in [0.717, 1.165) is 20.1 Å². The molecule has 3 unspecified atom stereocenters. The monoisotopic (exact) mass is 312 g/mol. The molecule has 3 N–H and O–H groups in total. The van der Waals surface area contributed by atoms with E-state index in [2.05, 4.69) is 44.4 Å². The molecule has 0 radical (unpaired) electrons. The zero-order valence-corrected chi connectivity index (χ0v) is 15.1. The van der Waals surface area contributed by atoms with Gasteiger partial charge in [-0.25, -0.2) is 0 Å². The van der Waals surface area contributed by atoms with Crippen molar-refractivity contribution in [3.05, 3.63) is 60.4 Å². The van der Waals surface area contributed by atoms with Gasteiger partial charge in [-0.1, -0.05) is 49.4 Å². The molecule has 0 saturated carbocycles. The van der Waals surface area contributed by atoms with Gasteiger partial charge in [-0.15, -0.1) is 6.58 Å². The average Bonchev–Trinajstić information content (AvgIpc) is 2.73. The lowest BCUT2D eigenvalue weighted by molar-refractivity contribution is 0.547. The van der Waals surface area contributed by atoms with Crippen LogP contribution in [0, 0.1) is 5.92 Å². The minimum absolute atomic E-state index is 0.00993. The first-order valence-corrected chi connectivity index (χ1v) is 8.82. The smallest absolute Gasteiger partial charge is 0.145 e. The van der Waals surface area contributed by atoms with E-state index in [4.69, 9.17) is 5.73 Å². The Bertz CT molecular complexity index is 488. The van der Waals surface area contributed by atoms with Crippen molar-refractivity contribution in [2.75, 3.05) is 0 Å². The second-order valence-corrected chi connectivity index (χ2v) is 6.65. The number of hydrogen-bond donors (Lipinski definition) is 2. The van der Waals surface area contributed by atoms with E-state index >= 15 is 0 Å².